The smallest absolute Gasteiger partial charge is 0.0710 e. The van der Waals surface area contributed by atoms with Crippen LogP contribution in [0.15, 0.2) is 42.5 Å². The zero-order valence-electron chi connectivity index (χ0n) is 11.2. The highest BCUT2D eigenvalue weighted by Crippen LogP contribution is 2.29. The van der Waals surface area contributed by atoms with E-state index >= 15 is 0 Å². The lowest BCUT2D eigenvalue weighted by molar-refractivity contribution is 0.107. The fourth-order valence-corrected chi connectivity index (χ4v) is 3.63. The average molecular weight is 273 g/mol. The van der Waals surface area contributed by atoms with Gasteiger partial charge in [0.25, 0.3) is 0 Å². The quantitative estimate of drug-likeness (QED) is 0.843. The Kier molecular flexibility index (Phi) is 3.97. The molecule has 0 saturated carbocycles. The van der Waals surface area contributed by atoms with Crippen LogP contribution in [0.2, 0.25) is 0 Å². The molecular weight excluding hydrogens is 254 g/mol. The Morgan fingerprint density at radius 1 is 1.21 bits per heavy atom. The summed E-state index contributed by atoms with van der Waals surface area (Å²) in [7, 11) is 1.81. The van der Waals surface area contributed by atoms with Crippen LogP contribution >= 0.6 is 11.3 Å². The van der Waals surface area contributed by atoms with E-state index in [2.05, 4.69) is 47.4 Å². The van der Waals surface area contributed by atoms with E-state index in [1.807, 2.05) is 18.4 Å². The van der Waals surface area contributed by atoms with Gasteiger partial charge in [-0.2, -0.15) is 0 Å². The second-order valence-corrected chi connectivity index (χ2v) is 6.18. The van der Waals surface area contributed by atoms with Crippen LogP contribution < -0.4 is 0 Å². The van der Waals surface area contributed by atoms with Gasteiger partial charge in [0.2, 0.25) is 0 Å². The molecule has 2 nitrogen and oxygen atoms in total. The fraction of sp³-hybridized carbons (Fsp3) is 0.375. The Balaban J connectivity index is 1.66. The zero-order chi connectivity index (χ0) is 13.1. The van der Waals surface area contributed by atoms with Crippen LogP contribution in [0.3, 0.4) is 0 Å². The van der Waals surface area contributed by atoms with Gasteiger partial charge in [0, 0.05) is 36.5 Å². The van der Waals surface area contributed by atoms with Crippen molar-refractivity contribution in [1.82, 2.24) is 4.90 Å². The molecule has 1 atom stereocenters. The predicted octanol–water partition coefficient (Wildman–Crippen LogP) is 3.64. The molecular formula is C16H19NOS. The molecule has 1 fully saturated rings. The second-order valence-electron chi connectivity index (χ2n) is 5.01. The summed E-state index contributed by atoms with van der Waals surface area (Å²) in [6.45, 7) is 3.27. The van der Waals surface area contributed by atoms with Gasteiger partial charge in [-0.3, -0.25) is 4.90 Å². The highest BCUT2D eigenvalue weighted by molar-refractivity contribution is 7.15. The topological polar surface area (TPSA) is 12.5 Å². The van der Waals surface area contributed by atoms with Crippen molar-refractivity contribution in [2.75, 3.05) is 20.2 Å². The Morgan fingerprint density at radius 2 is 2.05 bits per heavy atom. The summed E-state index contributed by atoms with van der Waals surface area (Å²) >= 11 is 1.90. The second kappa shape index (κ2) is 5.87. The van der Waals surface area contributed by atoms with Crippen LogP contribution in [0.1, 0.15) is 11.3 Å². The van der Waals surface area contributed by atoms with Gasteiger partial charge in [0.1, 0.15) is 0 Å². The van der Waals surface area contributed by atoms with Crippen molar-refractivity contribution < 1.29 is 4.74 Å². The Labute approximate surface area is 118 Å². The van der Waals surface area contributed by atoms with Gasteiger partial charge in [-0.05, 0) is 24.1 Å². The van der Waals surface area contributed by atoms with E-state index in [0.717, 1.165) is 26.1 Å². The molecule has 0 aliphatic carbocycles. The number of rotatable bonds is 4. The third kappa shape index (κ3) is 3.06. The summed E-state index contributed by atoms with van der Waals surface area (Å²) in [5, 5.41) is 0. The van der Waals surface area contributed by atoms with Crippen LogP contribution in [-0.2, 0) is 11.3 Å². The van der Waals surface area contributed by atoms with Gasteiger partial charge in [0.05, 0.1) is 6.10 Å². The zero-order valence-corrected chi connectivity index (χ0v) is 12.0. The van der Waals surface area contributed by atoms with Crippen molar-refractivity contribution >= 4 is 11.3 Å². The number of thiophene rings is 1. The van der Waals surface area contributed by atoms with Gasteiger partial charge in [-0.15, -0.1) is 11.3 Å². The maximum absolute atomic E-state index is 5.42. The van der Waals surface area contributed by atoms with Crippen LogP contribution in [0.5, 0.6) is 0 Å². The molecule has 1 aliphatic rings. The molecule has 0 unspecified atom stereocenters. The molecule has 0 radical (unpaired) electrons. The highest BCUT2D eigenvalue weighted by atomic mass is 32.1. The lowest BCUT2D eigenvalue weighted by atomic mass is 10.2. The SMILES string of the molecule is CO[C@H]1CCN(Cc2ccc(-c3ccccc3)s2)C1. The number of likely N-dealkylation sites (tertiary alicyclic amines) is 1. The minimum Gasteiger partial charge on any atom is -0.380 e. The molecule has 0 spiro atoms. The largest absolute Gasteiger partial charge is 0.380 e. The maximum atomic E-state index is 5.42. The maximum Gasteiger partial charge on any atom is 0.0710 e. The van der Waals surface area contributed by atoms with Gasteiger partial charge >= 0.3 is 0 Å². The normalized spacial score (nSPS) is 19.9. The summed E-state index contributed by atoms with van der Waals surface area (Å²) in [4.78, 5) is 5.28. The number of benzene rings is 1. The molecule has 3 heteroatoms. The molecule has 2 aromatic rings. The van der Waals surface area contributed by atoms with E-state index in [-0.39, 0.29) is 0 Å². The van der Waals surface area contributed by atoms with Gasteiger partial charge in [-0.1, -0.05) is 30.3 Å². The highest BCUT2D eigenvalue weighted by Gasteiger charge is 2.22. The summed E-state index contributed by atoms with van der Waals surface area (Å²) in [6.07, 6.45) is 1.58. The van der Waals surface area contributed by atoms with Crippen LogP contribution in [0.25, 0.3) is 10.4 Å². The van der Waals surface area contributed by atoms with Crippen molar-refractivity contribution in [3.05, 3.63) is 47.3 Å². The fourth-order valence-electron chi connectivity index (χ4n) is 2.57. The minimum atomic E-state index is 0.425. The number of ether oxygens (including phenoxy) is 1. The van der Waals surface area contributed by atoms with Crippen molar-refractivity contribution in [1.29, 1.82) is 0 Å². The van der Waals surface area contributed by atoms with Crippen LogP contribution in [0.4, 0.5) is 0 Å². The number of hydrogen-bond donors (Lipinski definition) is 0. The molecule has 2 heterocycles. The van der Waals surface area contributed by atoms with E-state index in [4.69, 9.17) is 4.74 Å². The third-order valence-corrected chi connectivity index (χ3v) is 4.78. The molecule has 19 heavy (non-hydrogen) atoms. The first kappa shape index (κ1) is 12.9. The molecule has 0 N–H and O–H groups in total. The Bertz CT molecular complexity index is 523. The summed E-state index contributed by atoms with van der Waals surface area (Å²) in [5.74, 6) is 0. The molecule has 1 aliphatic heterocycles. The van der Waals surface area contributed by atoms with Crippen molar-refractivity contribution in [2.45, 2.75) is 19.1 Å². The molecule has 100 valence electrons. The first-order chi connectivity index (χ1) is 9.35. The van der Waals surface area contributed by atoms with E-state index in [1.54, 1.807) is 0 Å². The van der Waals surface area contributed by atoms with Gasteiger partial charge in [-0.25, -0.2) is 0 Å². The summed E-state index contributed by atoms with van der Waals surface area (Å²) in [5.41, 5.74) is 1.31. The molecule has 1 aromatic heterocycles. The lowest BCUT2D eigenvalue weighted by Crippen LogP contribution is -2.21. The summed E-state index contributed by atoms with van der Waals surface area (Å²) in [6, 6.07) is 15.1. The Morgan fingerprint density at radius 3 is 2.79 bits per heavy atom. The molecule has 0 bridgehead atoms. The average Bonchev–Trinajstić information content (AvgIpc) is 3.09. The van der Waals surface area contributed by atoms with Crippen molar-refractivity contribution in [3.63, 3.8) is 0 Å². The van der Waals surface area contributed by atoms with Gasteiger partial charge < -0.3 is 4.74 Å². The van der Waals surface area contributed by atoms with Crippen molar-refractivity contribution in [3.8, 4) is 10.4 Å². The van der Waals surface area contributed by atoms with E-state index in [1.165, 1.54) is 15.3 Å². The number of hydrogen-bond acceptors (Lipinski definition) is 3. The van der Waals surface area contributed by atoms with Crippen LogP contribution in [0, 0.1) is 0 Å². The van der Waals surface area contributed by atoms with E-state index < -0.39 is 0 Å². The van der Waals surface area contributed by atoms with E-state index in [0.29, 0.717) is 6.10 Å². The summed E-state index contributed by atoms with van der Waals surface area (Å²) < 4.78 is 5.42. The lowest BCUT2D eigenvalue weighted by Gasteiger charge is -2.13. The molecule has 1 saturated heterocycles. The van der Waals surface area contributed by atoms with E-state index in [9.17, 15) is 0 Å². The van der Waals surface area contributed by atoms with Crippen LogP contribution in [-0.4, -0.2) is 31.2 Å². The first-order valence-corrected chi connectivity index (χ1v) is 7.56. The third-order valence-electron chi connectivity index (χ3n) is 3.66. The van der Waals surface area contributed by atoms with Gasteiger partial charge in [0.15, 0.2) is 0 Å². The number of methoxy groups -OCH3 is 1. The molecule has 1 aromatic carbocycles. The number of nitrogens with zero attached hydrogens (tertiary/aromatic N) is 1. The molecule has 3 rings (SSSR count). The predicted molar refractivity (Wildman–Crippen MR) is 80.4 cm³/mol. The van der Waals surface area contributed by atoms with Crippen molar-refractivity contribution in [2.24, 2.45) is 0 Å². The molecule has 0 amide bonds. The minimum absolute atomic E-state index is 0.425. The first-order valence-electron chi connectivity index (χ1n) is 6.74. The monoisotopic (exact) mass is 273 g/mol. The standard InChI is InChI=1S/C16H19NOS/c1-18-14-9-10-17(11-14)12-15-7-8-16(19-15)13-5-3-2-4-6-13/h2-8,14H,9-12H2,1H3/t14-/m0/s1. The Hall–Kier alpha value is -1.16.